The monoisotopic (exact) mass is 676 g/mol. The van der Waals surface area contributed by atoms with Gasteiger partial charge in [-0.15, -0.1) is 0 Å². The standard InChI is InChI=1S/C37H45FN4O7/c1-6-42-17-18-47-31-10-8-7-9-28(31)35(44)41-29(21-34(43)40-30(37(42)46)19-23(2)3)36(45)39-25(5)22-48-32-16-13-26(38)20-33(32)49-27-14-11-24(4)12-15-27/h7-16,20,23,25,29-30H,6,17-19,21-22H2,1-5H3,(H,39,45)(H,40,43)(H,41,44)/t25-,29+,30+/m1/s1. The van der Waals surface area contributed by atoms with Gasteiger partial charge in [-0.25, -0.2) is 4.39 Å². The van der Waals surface area contributed by atoms with Gasteiger partial charge < -0.3 is 35.1 Å². The Morgan fingerprint density at radius 1 is 1.02 bits per heavy atom. The zero-order chi connectivity index (χ0) is 35.5. The normalized spacial score (nSPS) is 17.9. The lowest BCUT2D eigenvalue weighted by atomic mass is 10.0. The predicted molar refractivity (Wildman–Crippen MR) is 182 cm³/mol. The van der Waals surface area contributed by atoms with E-state index in [4.69, 9.17) is 14.2 Å². The van der Waals surface area contributed by atoms with E-state index in [-0.39, 0.29) is 54.4 Å². The Kier molecular flexibility index (Phi) is 13.0. The lowest BCUT2D eigenvalue weighted by Crippen LogP contribution is -2.54. The Labute approximate surface area is 286 Å². The van der Waals surface area contributed by atoms with Crippen LogP contribution in [0, 0.1) is 18.7 Å². The minimum atomic E-state index is -1.30. The zero-order valence-corrected chi connectivity index (χ0v) is 28.6. The second kappa shape index (κ2) is 17.3. The summed E-state index contributed by atoms with van der Waals surface area (Å²) in [4.78, 5) is 55.6. The molecule has 3 aromatic carbocycles. The molecule has 0 saturated carbocycles. The summed E-state index contributed by atoms with van der Waals surface area (Å²) in [5.74, 6) is -1.27. The average Bonchev–Trinajstić information content (AvgIpc) is 3.06. The van der Waals surface area contributed by atoms with Crippen molar-refractivity contribution in [1.82, 2.24) is 20.9 Å². The van der Waals surface area contributed by atoms with Crippen LogP contribution in [0.1, 0.15) is 56.5 Å². The van der Waals surface area contributed by atoms with Gasteiger partial charge in [-0.2, -0.15) is 0 Å². The van der Waals surface area contributed by atoms with E-state index in [9.17, 15) is 23.6 Å². The van der Waals surface area contributed by atoms with Gasteiger partial charge in [0.25, 0.3) is 5.91 Å². The third-order valence-electron chi connectivity index (χ3n) is 7.83. The van der Waals surface area contributed by atoms with E-state index in [1.807, 2.05) is 39.8 Å². The molecule has 0 aromatic heterocycles. The van der Waals surface area contributed by atoms with Crippen LogP contribution in [0.25, 0.3) is 0 Å². The summed E-state index contributed by atoms with van der Waals surface area (Å²) < 4.78 is 31.8. The van der Waals surface area contributed by atoms with Crippen molar-refractivity contribution in [2.45, 2.75) is 65.6 Å². The van der Waals surface area contributed by atoms with E-state index >= 15 is 0 Å². The number of benzene rings is 3. The van der Waals surface area contributed by atoms with Crippen molar-refractivity contribution < 1.29 is 37.8 Å². The minimum absolute atomic E-state index is 0.0387. The number of fused-ring (bicyclic) bond motifs is 1. The zero-order valence-electron chi connectivity index (χ0n) is 28.6. The van der Waals surface area contributed by atoms with Crippen molar-refractivity contribution in [2.24, 2.45) is 5.92 Å². The number of nitrogens with zero attached hydrogens (tertiary/aromatic N) is 1. The van der Waals surface area contributed by atoms with Crippen LogP contribution in [-0.2, 0) is 14.4 Å². The van der Waals surface area contributed by atoms with Crippen LogP contribution in [0.3, 0.4) is 0 Å². The molecule has 3 N–H and O–H groups in total. The number of carbonyl (C=O) groups excluding carboxylic acids is 4. The van der Waals surface area contributed by atoms with Crippen molar-refractivity contribution >= 4 is 23.6 Å². The summed E-state index contributed by atoms with van der Waals surface area (Å²) in [5, 5.41) is 8.27. The number of aryl methyl sites for hydroxylation is 1. The maximum Gasteiger partial charge on any atom is 0.255 e. The molecule has 0 fully saturated rings. The Balaban J connectivity index is 1.51. The molecular weight excluding hydrogens is 631 g/mol. The maximum atomic E-state index is 14.1. The first-order valence-electron chi connectivity index (χ1n) is 16.5. The van der Waals surface area contributed by atoms with Gasteiger partial charge in [0.2, 0.25) is 17.7 Å². The van der Waals surface area contributed by atoms with Gasteiger partial charge in [0.15, 0.2) is 11.5 Å². The lowest BCUT2D eigenvalue weighted by Gasteiger charge is -2.29. The quantitative estimate of drug-likeness (QED) is 0.282. The van der Waals surface area contributed by atoms with E-state index in [2.05, 4.69) is 16.0 Å². The van der Waals surface area contributed by atoms with Gasteiger partial charge >= 0.3 is 0 Å². The summed E-state index contributed by atoms with van der Waals surface area (Å²) in [7, 11) is 0. The fraction of sp³-hybridized carbons (Fsp3) is 0.405. The minimum Gasteiger partial charge on any atom is -0.491 e. The third-order valence-corrected chi connectivity index (χ3v) is 7.83. The molecule has 0 unspecified atom stereocenters. The van der Waals surface area contributed by atoms with E-state index in [1.165, 1.54) is 18.2 Å². The second-order valence-corrected chi connectivity index (χ2v) is 12.5. The summed E-state index contributed by atoms with van der Waals surface area (Å²) in [6.45, 7) is 10.1. The largest absolute Gasteiger partial charge is 0.491 e. The van der Waals surface area contributed by atoms with Gasteiger partial charge in [-0.1, -0.05) is 43.7 Å². The third kappa shape index (κ3) is 10.7. The van der Waals surface area contributed by atoms with E-state index < -0.39 is 48.1 Å². The maximum absolute atomic E-state index is 14.1. The molecule has 1 heterocycles. The number of para-hydroxylation sites is 1. The van der Waals surface area contributed by atoms with Gasteiger partial charge in [-0.05, 0) is 69.5 Å². The molecule has 0 saturated heterocycles. The summed E-state index contributed by atoms with van der Waals surface area (Å²) in [5.41, 5.74) is 1.22. The van der Waals surface area contributed by atoms with Crippen LogP contribution in [0.2, 0.25) is 0 Å². The van der Waals surface area contributed by atoms with Crippen molar-refractivity contribution in [3.05, 3.63) is 83.7 Å². The van der Waals surface area contributed by atoms with Gasteiger partial charge in [-0.3, -0.25) is 19.2 Å². The fourth-order valence-electron chi connectivity index (χ4n) is 5.28. The highest BCUT2D eigenvalue weighted by molar-refractivity contribution is 6.01. The molecule has 49 heavy (non-hydrogen) atoms. The van der Waals surface area contributed by atoms with Crippen molar-refractivity contribution in [3.63, 3.8) is 0 Å². The molecule has 3 aromatic rings. The SMILES string of the molecule is CCN1CCOc2ccccc2C(=O)N[C@H](C(=O)N[C@H](C)COc2ccc(F)cc2Oc2ccc(C)cc2)CC(=O)N[C@@H](CC(C)C)C1=O. The molecule has 12 heteroatoms. The molecule has 1 aliphatic heterocycles. The van der Waals surface area contributed by atoms with Crippen LogP contribution in [0.15, 0.2) is 66.7 Å². The number of amides is 4. The fourth-order valence-corrected chi connectivity index (χ4v) is 5.28. The molecule has 262 valence electrons. The van der Waals surface area contributed by atoms with Crippen molar-refractivity contribution in [1.29, 1.82) is 0 Å². The molecule has 4 rings (SSSR count). The number of nitrogens with one attached hydrogen (secondary N) is 3. The van der Waals surface area contributed by atoms with Crippen molar-refractivity contribution in [3.8, 4) is 23.0 Å². The first-order valence-corrected chi connectivity index (χ1v) is 16.5. The molecule has 3 atom stereocenters. The number of likely N-dealkylation sites (N-methyl/N-ethyl adjacent to an activating group) is 1. The summed E-state index contributed by atoms with van der Waals surface area (Å²) in [6, 6.07) is 15.0. The van der Waals surface area contributed by atoms with Crippen molar-refractivity contribution in [2.75, 3.05) is 26.3 Å². The Bertz CT molecular complexity index is 1610. The molecule has 0 radical (unpaired) electrons. The Hall–Kier alpha value is -5.13. The van der Waals surface area contributed by atoms with Gasteiger partial charge in [0, 0.05) is 12.6 Å². The first-order chi connectivity index (χ1) is 23.4. The molecule has 11 nitrogen and oxygen atoms in total. The molecule has 4 amide bonds. The molecular formula is C37H45FN4O7. The van der Waals surface area contributed by atoms with Crippen LogP contribution in [0.5, 0.6) is 23.0 Å². The second-order valence-electron chi connectivity index (χ2n) is 12.5. The Morgan fingerprint density at radius 2 is 1.76 bits per heavy atom. The number of hydrogen-bond donors (Lipinski definition) is 3. The summed E-state index contributed by atoms with van der Waals surface area (Å²) in [6.07, 6.45) is -0.0317. The van der Waals surface area contributed by atoms with Crippen LogP contribution < -0.4 is 30.2 Å². The molecule has 0 spiro atoms. The molecule has 0 aliphatic carbocycles. The van der Waals surface area contributed by atoms with Crippen LogP contribution >= 0.6 is 0 Å². The number of hydrogen-bond acceptors (Lipinski definition) is 7. The van der Waals surface area contributed by atoms with Gasteiger partial charge in [0.05, 0.1) is 24.6 Å². The highest BCUT2D eigenvalue weighted by Crippen LogP contribution is 2.32. The predicted octanol–water partition coefficient (Wildman–Crippen LogP) is 4.77. The molecule has 0 bridgehead atoms. The smallest absolute Gasteiger partial charge is 0.255 e. The molecule has 1 aliphatic rings. The van der Waals surface area contributed by atoms with Gasteiger partial charge in [0.1, 0.15) is 42.6 Å². The number of ether oxygens (including phenoxy) is 3. The number of rotatable bonds is 10. The van der Waals surface area contributed by atoms with E-state index in [0.717, 1.165) is 5.56 Å². The topological polar surface area (TPSA) is 135 Å². The lowest BCUT2D eigenvalue weighted by molar-refractivity contribution is -0.137. The Morgan fingerprint density at radius 3 is 2.47 bits per heavy atom. The first kappa shape index (κ1) is 36.7. The van der Waals surface area contributed by atoms with Crippen LogP contribution in [-0.4, -0.2) is 73.0 Å². The van der Waals surface area contributed by atoms with E-state index in [1.54, 1.807) is 48.2 Å². The van der Waals surface area contributed by atoms with E-state index in [0.29, 0.717) is 18.7 Å². The number of halogens is 1. The highest BCUT2D eigenvalue weighted by Gasteiger charge is 2.31. The average molecular weight is 677 g/mol. The number of carbonyl (C=O) groups is 4. The highest BCUT2D eigenvalue weighted by atomic mass is 19.1. The van der Waals surface area contributed by atoms with Crippen LogP contribution in [0.4, 0.5) is 4.39 Å². The summed E-state index contributed by atoms with van der Waals surface area (Å²) >= 11 is 0.